The number of nitrogens with zero attached hydrogens (tertiary/aromatic N) is 2. The van der Waals surface area contributed by atoms with E-state index in [1.54, 1.807) is 0 Å². The molecule has 1 aromatic carbocycles. The van der Waals surface area contributed by atoms with Crippen molar-refractivity contribution in [2.24, 2.45) is 0 Å². The Hall–Kier alpha value is -2.64. The van der Waals surface area contributed by atoms with Crippen LogP contribution in [0.15, 0.2) is 18.2 Å². The third-order valence-corrected chi connectivity index (χ3v) is 2.40. The van der Waals surface area contributed by atoms with Crippen LogP contribution in [0.3, 0.4) is 0 Å². The molecule has 0 fully saturated rings. The molecule has 96 valence electrons. The van der Waals surface area contributed by atoms with Crippen LogP contribution in [0.2, 0.25) is 0 Å². The van der Waals surface area contributed by atoms with Crippen LogP contribution in [0, 0.1) is 17.0 Å². The molecule has 18 heavy (non-hydrogen) atoms. The highest BCUT2D eigenvalue weighted by molar-refractivity contribution is 5.85. The molecular weight excluding hydrogens is 244 g/mol. The third-order valence-electron chi connectivity index (χ3n) is 2.40. The maximum Gasteiger partial charge on any atom is 0.417 e. The Morgan fingerprint density at radius 2 is 1.89 bits per heavy atom. The van der Waals surface area contributed by atoms with Crippen molar-refractivity contribution in [3.05, 3.63) is 39.4 Å². The van der Waals surface area contributed by atoms with E-state index in [2.05, 4.69) is 0 Å². The lowest BCUT2D eigenvalue weighted by Crippen LogP contribution is -2.34. The molecule has 0 aliphatic heterocycles. The van der Waals surface area contributed by atoms with E-state index in [4.69, 9.17) is 10.2 Å². The first-order valence-corrected chi connectivity index (χ1v) is 4.81. The lowest BCUT2D eigenvalue weighted by atomic mass is 10.1. The molecule has 2 N–H and O–H groups in total. The number of rotatable bonds is 3. The molecule has 0 unspecified atom stereocenters. The number of nitro benzene ring substituents is 1. The SMILES string of the molecule is Cc1c(CN(C(=O)O)C(=O)O)cccc1[N+](=O)[O-]. The maximum absolute atomic E-state index is 10.7. The van der Waals surface area contributed by atoms with E-state index in [1.807, 2.05) is 0 Å². The lowest BCUT2D eigenvalue weighted by Gasteiger charge is -2.14. The number of nitro groups is 1. The highest BCUT2D eigenvalue weighted by Crippen LogP contribution is 2.22. The third kappa shape index (κ3) is 2.73. The van der Waals surface area contributed by atoms with E-state index in [1.165, 1.54) is 25.1 Å². The molecule has 0 radical (unpaired) electrons. The van der Waals surface area contributed by atoms with Crippen molar-refractivity contribution < 1.29 is 24.7 Å². The molecule has 1 aromatic rings. The average molecular weight is 254 g/mol. The molecule has 2 amide bonds. The summed E-state index contributed by atoms with van der Waals surface area (Å²) in [6, 6.07) is 4.09. The fourth-order valence-electron chi connectivity index (χ4n) is 1.43. The number of imide groups is 1. The number of carbonyl (C=O) groups is 2. The summed E-state index contributed by atoms with van der Waals surface area (Å²) < 4.78 is 0. The van der Waals surface area contributed by atoms with Gasteiger partial charge in [-0.05, 0) is 12.5 Å². The minimum Gasteiger partial charge on any atom is -0.465 e. The lowest BCUT2D eigenvalue weighted by molar-refractivity contribution is -0.385. The Balaban J connectivity index is 3.11. The minimum absolute atomic E-state index is 0.159. The Morgan fingerprint density at radius 1 is 1.33 bits per heavy atom. The topological polar surface area (TPSA) is 121 Å². The zero-order valence-electron chi connectivity index (χ0n) is 9.36. The largest absolute Gasteiger partial charge is 0.465 e. The molecule has 0 spiro atoms. The summed E-state index contributed by atoms with van der Waals surface area (Å²) >= 11 is 0. The van der Waals surface area contributed by atoms with Gasteiger partial charge in [-0.1, -0.05) is 12.1 Å². The second kappa shape index (κ2) is 5.13. The van der Waals surface area contributed by atoms with Crippen molar-refractivity contribution in [1.82, 2.24) is 4.90 Å². The summed E-state index contributed by atoms with van der Waals surface area (Å²) in [6.45, 7) is 0.994. The van der Waals surface area contributed by atoms with Crippen LogP contribution in [0.4, 0.5) is 15.3 Å². The van der Waals surface area contributed by atoms with E-state index in [9.17, 15) is 19.7 Å². The van der Waals surface area contributed by atoms with Gasteiger partial charge in [0.05, 0.1) is 11.5 Å². The molecule has 0 bridgehead atoms. The summed E-state index contributed by atoms with van der Waals surface area (Å²) in [5.74, 6) is 0. The predicted octanol–water partition coefficient (Wildman–Crippen LogP) is 2.06. The first-order valence-electron chi connectivity index (χ1n) is 4.81. The fourth-order valence-corrected chi connectivity index (χ4v) is 1.43. The van der Waals surface area contributed by atoms with Crippen LogP contribution >= 0.6 is 0 Å². The zero-order chi connectivity index (χ0) is 13.9. The maximum atomic E-state index is 10.7. The van der Waals surface area contributed by atoms with E-state index in [-0.39, 0.29) is 21.7 Å². The fraction of sp³-hybridized carbons (Fsp3) is 0.200. The van der Waals surface area contributed by atoms with Gasteiger partial charge in [-0.2, -0.15) is 0 Å². The van der Waals surface area contributed by atoms with Crippen molar-refractivity contribution in [1.29, 1.82) is 0 Å². The first-order chi connectivity index (χ1) is 8.34. The predicted molar refractivity (Wildman–Crippen MR) is 59.4 cm³/mol. The van der Waals surface area contributed by atoms with Crippen LogP contribution in [-0.2, 0) is 6.54 Å². The highest BCUT2D eigenvalue weighted by Gasteiger charge is 2.22. The quantitative estimate of drug-likeness (QED) is 0.628. The van der Waals surface area contributed by atoms with Gasteiger partial charge in [0.15, 0.2) is 0 Å². The summed E-state index contributed by atoms with van der Waals surface area (Å²) in [7, 11) is 0. The Bertz CT molecular complexity index is 499. The Morgan fingerprint density at radius 3 is 2.33 bits per heavy atom. The van der Waals surface area contributed by atoms with Crippen LogP contribution in [-0.4, -0.2) is 32.2 Å². The van der Waals surface area contributed by atoms with Gasteiger partial charge in [0.2, 0.25) is 0 Å². The molecule has 0 aliphatic rings. The Kier molecular flexibility index (Phi) is 3.82. The standard InChI is InChI=1S/C10H10N2O6/c1-6-7(3-2-4-8(6)12(17)18)5-11(9(13)14)10(15)16/h2-4H,5H2,1H3,(H,13,14)(H,15,16). The van der Waals surface area contributed by atoms with Gasteiger partial charge >= 0.3 is 12.2 Å². The van der Waals surface area contributed by atoms with Crippen LogP contribution in [0.1, 0.15) is 11.1 Å². The van der Waals surface area contributed by atoms with Gasteiger partial charge < -0.3 is 10.2 Å². The molecule has 0 aromatic heterocycles. The van der Waals surface area contributed by atoms with E-state index in [0.29, 0.717) is 0 Å². The van der Waals surface area contributed by atoms with Crippen LogP contribution in [0.5, 0.6) is 0 Å². The Labute approximate surface area is 101 Å². The van der Waals surface area contributed by atoms with E-state index < -0.39 is 23.7 Å². The van der Waals surface area contributed by atoms with Crippen LogP contribution < -0.4 is 0 Å². The summed E-state index contributed by atoms with van der Waals surface area (Å²) in [4.78, 5) is 31.6. The molecule has 8 nitrogen and oxygen atoms in total. The van der Waals surface area contributed by atoms with Gasteiger partial charge in [0.1, 0.15) is 0 Å². The van der Waals surface area contributed by atoms with Crippen molar-refractivity contribution in [2.75, 3.05) is 0 Å². The summed E-state index contributed by atoms with van der Waals surface area (Å²) in [5, 5.41) is 28.1. The average Bonchev–Trinajstić information content (AvgIpc) is 2.26. The molecule has 8 heteroatoms. The van der Waals surface area contributed by atoms with Crippen molar-refractivity contribution in [3.8, 4) is 0 Å². The molecule has 0 saturated carbocycles. The molecule has 0 aliphatic carbocycles. The second-order valence-corrected chi connectivity index (χ2v) is 3.47. The molecule has 1 rings (SSSR count). The van der Waals surface area contributed by atoms with Crippen molar-refractivity contribution >= 4 is 17.9 Å². The normalized spacial score (nSPS) is 9.83. The van der Waals surface area contributed by atoms with Gasteiger partial charge in [-0.15, -0.1) is 0 Å². The van der Waals surface area contributed by atoms with E-state index >= 15 is 0 Å². The smallest absolute Gasteiger partial charge is 0.417 e. The molecule has 0 saturated heterocycles. The molecule has 0 atom stereocenters. The summed E-state index contributed by atoms with van der Waals surface area (Å²) in [6.07, 6.45) is -3.26. The van der Waals surface area contributed by atoms with Gasteiger partial charge in [0.25, 0.3) is 5.69 Å². The molecule has 0 heterocycles. The number of carboxylic acid groups (broad SMARTS) is 2. The van der Waals surface area contributed by atoms with E-state index in [0.717, 1.165) is 0 Å². The monoisotopic (exact) mass is 254 g/mol. The van der Waals surface area contributed by atoms with Gasteiger partial charge in [-0.3, -0.25) is 10.1 Å². The number of benzene rings is 1. The van der Waals surface area contributed by atoms with Crippen LogP contribution in [0.25, 0.3) is 0 Å². The van der Waals surface area contributed by atoms with Gasteiger partial charge in [-0.25, -0.2) is 14.5 Å². The summed E-state index contributed by atoms with van der Waals surface area (Å²) in [5.41, 5.74) is 0.340. The highest BCUT2D eigenvalue weighted by atomic mass is 16.6. The number of hydrogen-bond acceptors (Lipinski definition) is 4. The van der Waals surface area contributed by atoms with Crippen molar-refractivity contribution in [2.45, 2.75) is 13.5 Å². The van der Waals surface area contributed by atoms with Gasteiger partial charge in [0, 0.05) is 11.6 Å². The second-order valence-electron chi connectivity index (χ2n) is 3.47. The number of amides is 2. The number of hydrogen-bond donors (Lipinski definition) is 2. The first kappa shape index (κ1) is 13.4. The minimum atomic E-state index is -1.63. The zero-order valence-corrected chi connectivity index (χ0v) is 9.36. The molecular formula is C10H10N2O6. The van der Waals surface area contributed by atoms with Crippen molar-refractivity contribution in [3.63, 3.8) is 0 Å².